The number of aliphatic hydroxyl groups is 1. The van der Waals surface area contributed by atoms with Crippen LogP contribution in [0.2, 0.25) is 0 Å². The average molecular weight is 497 g/mol. The summed E-state index contributed by atoms with van der Waals surface area (Å²) in [6.07, 6.45) is -1.40. The van der Waals surface area contributed by atoms with Crippen molar-refractivity contribution in [3.8, 4) is 5.75 Å². The number of likely N-dealkylation sites (N-methyl/N-ethyl adjacent to an activating group) is 1. The van der Waals surface area contributed by atoms with Crippen molar-refractivity contribution in [2.24, 2.45) is 0 Å². The molecule has 0 bridgehead atoms. The molecule has 0 saturated heterocycles. The van der Waals surface area contributed by atoms with E-state index in [1.165, 1.54) is 4.90 Å². The molecule has 0 saturated carbocycles. The fraction of sp³-hybridized carbons (Fsp3) is 0.333. The lowest BCUT2D eigenvalue weighted by molar-refractivity contribution is 0.0205. The molecule has 1 N–H and O–H groups in total. The van der Waals surface area contributed by atoms with Crippen molar-refractivity contribution < 1.29 is 24.2 Å². The Labute approximate surface area is 178 Å². The van der Waals surface area contributed by atoms with E-state index in [1.807, 2.05) is 12.1 Å². The Morgan fingerprint density at radius 1 is 1.07 bits per heavy atom. The van der Waals surface area contributed by atoms with E-state index in [-0.39, 0.29) is 6.54 Å². The maximum absolute atomic E-state index is 12.1. The summed E-state index contributed by atoms with van der Waals surface area (Å²) >= 11 is 2.16. The Morgan fingerprint density at radius 3 is 2.18 bits per heavy atom. The number of hydrogen-bond acceptors (Lipinski definition) is 5. The smallest absolute Gasteiger partial charge is 0.410 e. The highest BCUT2D eigenvalue weighted by Gasteiger charge is 2.22. The standard InChI is InChI=1S/C21H24INO5/c1-21(2,3)28-20(26)23(4)13-18(24)14-7-11-17(12-8-14)27-19(25)15-5-9-16(22)10-6-15/h5-12,18,24H,13H2,1-4H3. The topological polar surface area (TPSA) is 76.1 Å². The Balaban J connectivity index is 1.94. The zero-order chi connectivity index (χ0) is 20.9. The molecule has 0 aliphatic heterocycles. The highest BCUT2D eigenvalue weighted by atomic mass is 127. The molecule has 0 aliphatic carbocycles. The zero-order valence-electron chi connectivity index (χ0n) is 16.3. The van der Waals surface area contributed by atoms with Crippen LogP contribution in [0.5, 0.6) is 5.75 Å². The number of amides is 1. The zero-order valence-corrected chi connectivity index (χ0v) is 18.5. The van der Waals surface area contributed by atoms with Crippen LogP contribution in [0.4, 0.5) is 4.79 Å². The van der Waals surface area contributed by atoms with E-state index < -0.39 is 23.8 Å². The van der Waals surface area contributed by atoms with Gasteiger partial charge in [0.15, 0.2) is 0 Å². The largest absolute Gasteiger partial charge is 0.444 e. The summed E-state index contributed by atoms with van der Waals surface area (Å²) in [5.41, 5.74) is 0.465. The van der Waals surface area contributed by atoms with E-state index in [9.17, 15) is 14.7 Å². The van der Waals surface area contributed by atoms with Gasteiger partial charge in [-0.3, -0.25) is 0 Å². The normalized spacial score (nSPS) is 12.2. The van der Waals surface area contributed by atoms with Gasteiger partial charge in [-0.2, -0.15) is 0 Å². The number of carbonyl (C=O) groups excluding carboxylic acids is 2. The van der Waals surface area contributed by atoms with Crippen LogP contribution < -0.4 is 4.74 Å². The maximum atomic E-state index is 12.1. The molecule has 7 heteroatoms. The summed E-state index contributed by atoms with van der Waals surface area (Å²) in [6.45, 7) is 5.43. The van der Waals surface area contributed by atoms with Crippen LogP contribution in [0.25, 0.3) is 0 Å². The van der Waals surface area contributed by atoms with Crippen molar-refractivity contribution in [2.45, 2.75) is 32.5 Å². The minimum absolute atomic E-state index is 0.0801. The molecule has 0 radical (unpaired) electrons. The predicted molar refractivity (Wildman–Crippen MR) is 114 cm³/mol. The number of halogens is 1. The van der Waals surface area contributed by atoms with Crippen molar-refractivity contribution in [2.75, 3.05) is 13.6 Å². The number of benzene rings is 2. The van der Waals surface area contributed by atoms with Crippen LogP contribution in [0, 0.1) is 3.57 Å². The van der Waals surface area contributed by atoms with Crippen LogP contribution >= 0.6 is 22.6 Å². The fourth-order valence-corrected chi connectivity index (χ4v) is 2.65. The van der Waals surface area contributed by atoms with Crippen LogP contribution in [-0.2, 0) is 4.74 Å². The van der Waals surface area contributed by atoms with Gasteiger partial charge >= 0.3 is 12.1 Å². The lowest BCUT2D eigenvalue weighted by Gasteiger charge is -2.26. The number of rotatable bonds is 5. The van der Waals surface area contributed by atoms with Gasteiger partial charge in [0.2, 0.25) is 0 Å². The molecule has 0 spiro atoms. The fourth-order valence-electron chi connectivity index (χ4n) is 2.29. The SMILES string of the molecule is CN(CC(O)c1ccc(OC(=O)c2ccc(I)cc2)cc1)C(=O)OC(C)(C)C. The highest BCUT2D eigenvalue weighted by Crippen LogP contribution is 2.20. The first-order valence-electron chi connectivity index (χ1n) is 8.75. The van der Waals surface area contributed by atoms with E-state index >= 15 is 0 Å². The average Bonchev–Trinajstić information content (AvgIpc) is 2.61. The second-order valence-electron chi connectivity index (χ2n) is 7.34. The maximum Gasteiger partial charge on any atom is 0.410 e. The monoisotopic (exact) mass is 497 g/mol. The van der Waals surface area contributed by atoms with Gasteiger partial charge in [-0.15, -0.1) is 0 Å². The van der Waals surface area contributed by atoms with Gasteiger partial charge < -0.3 is 19.5 Å². The van der Waals surface area contributed by atoms with Crippen LogP contribution in [0.15, 0.2) is 48.5 Å². The van der Waals surface area contributed by atoms with Crippen molar-refractivity contribution in [1.29, 1.82) is 0 Å². The third-order valence-electron chi connectivity index (χ3n) is 3.71. The molecule has 0 aromatic heterocycles. The van der Waals surface area contributed by atoms with Crippen molar-refractivity contribution in [3.63, 3.8) is 0 Å². The number of nitrogens with zero attached hydrogens (tertiary/aromatic N) is 1. The molecule has 6 nitrogen and oxygen atoms in total. The van der Waals surface area contributed by atoms with Gasteiger partial charge in [0.25, 0.3) is 0 Å². The second kappa shape index (κ2) is 9.38. The lowest BCUT2D eigenvalue weighted by Crippen LogP contribution is -2.36. The summed E-state index contributed by atoms with van der Waals surface area (Å²) in [5.74, 6) is -0.0747. The van der Waals surface area contributed by atoms with Gasteiger partial charge in [-0.1, -0.05) is 12.1 Å². The molecule has 1 unspecified atom stereocenters. The number of aliphatic hydroxyl groups excluding tert-OH is 1. The molecule has 1 amide bonds. The first-order chi connectivity index (χ1) is 13.0. The van der Waals surface area contributed by atoms with Gasteiger partial charge in [0.05, 0.1) is 18.2 Å². The van der Waals surface area contributed by atoms with Crippen LogP contribution in [0.3, 0.4) is 0 Å². The lowest BCUT2D eigenvalue weighted by atomic mass is 10.1. The van der Waals surface area contributed by atoms with Crippen molar-refractivity contribution in [1.82, 2.24) is 4.90 Å². The predicted octanol–water partition coefficient (Wildman–Crippen LogP) is 4.41. The second-order valence-corrected chi connectivity index (χ2v) is 8.59. The van der Waals surface area contributed by atoms with E-state index in [0.717, 1.165) is 3.57 Å². The summed E-state index contributed by atoms with van der Waals surface area (Å²) in [7, 11) is 1.56. The summed E-state index contributed by atoms with van der Waals surface area (Å²) < 4.78 is 11.6. The van der Waals surface area contributed by atoms with E-state index in [0.29, 0.717) is 16.9 Å². The Hall–Kier alpha value is -2.13. The number of carbonyl (C=O) groups is 2. The molecule has 2 aromatic rings. The molecule has 150 valence electrons. The molecule has 1 atom stereocenters. The van der Waals surface area contributed by atoms with Crippen LogP contribution in [-0.4, -0.2) is 41.3 Å². The van der Waals surface area contributed by atoms with Crippen molar-refractivity contribution >= 4 is 34.7 Å². The minimum atomic E-state index is -0.890. The molecule has 0 heterocycles. The molecular formula is C21H24INO5. The molecular weight excluding hydrogens is 473 g/mol. The number of esters is 1. The number of ether oxygens (including phenoxy) is 2. The summed E-state index contributed by atoms with van der Waals surface area (Å²) in [5, 5.41) is 10.4. The van der Waals surface area contributed by atoms with Gasteiger partial charge in [-0.05, 0) is 85.3 Å². The summed E-state index contributed by atoms with van der Waals surface area (Å²) in [6, 6.07) is 13.6. The van der Waals surface area contributed by atoms with Gasteiger partial charge in [-0.25, -0.2) is 9.59 Å². The first kappa shape index (κ1) is 22.2. The molecule has 2 rings (SSSR count). The molecule has 0 fully saturated rings. The molecule has 28 heavy (non-hydrogen) atoms. The van der Waals surface area contributed by atoms with E-state index in [2.05, 4.69) is 22.6 Å². The minimum Gasteiger partial charge on any atom is -0.444 e. The Bertz CT molecular complexity index is 812. The van der Waals surface area contributed by atoms with Crippen LogP contribution in [0.1, 0.15) is 42.8 Å². The summed E-state index contributed by atoms with van der Waals surface area (Å²) in [4.78, 5) is 25.5. The highest BCUT2D eigenvalue weighted by molar-refractivity contribution is 14.1. The Morgan fingerprint density at radius 2 is 1.64 bits per heavy atom. The first-order valence-corrected chi connectivity index (χ1v) is 9.83. The molecule has 2 aromatic carbocycles. The van der Waals surface area contributed by atoms with E-state index in [4.69, 9.17) is 9.47 Å². The van der Waals surface area contributed by atoms with Gasteiger partial charge in [0.1, 0.15) is 11.4 Å². The van der Waals surface area contributed by atoms with Crippen molar-refractivity contribution in [3.05, 3.63) is 63.2 Å². The third kappa shape index (κ3) is 6.79. The third-order valence-corrected chi connectivity index (χ3v) is 4.43. The number of hydrogen-bond donors (Lipinski definition) is 1. The van der Waals surface area contributed by atoms with Gasteiger partial charge in [0, 0.05) is 10.6 Å². The Kier molecular flexibility index (Phi) is 7.42. The quantitative estimate of drug-likeness (QED) is 0.377. The molecule has 0 aliphatic rings. The van der Waals surface area contributed by atoms with E-state index in [1.54, 1.807) is 64.2 Å².